The van der Waals surface area contributed by atoms with E-state index in [-0.39, 0.29) is 11.2 Å². The Labute approximate surface area is 132 Å². The monoisotopic (exact) mass is 322 g/mol. The van der Waals surface area contributed by atoms with Gasteiger partial charge in [-0.1, -0.05) is 29.8 Å². The molecular weight excluding hydrogens is 310 g/mol. The van der Waals surface area contributed by atoms with Gasteiger partial charge in [-0.25, -0.2) is 9.37 Å². The van der Waals surface area contributed by atoms with Gasteiger partial charge in [0.1, 0.15) is 11.6 Å². The molecule has 0 N–H and O–H groups in total. The maximum Gasteiger partial charge on any atom is 0.128 e. The van der Waals surface area contributed by atoms with E-state index < -0.39 is 0 Å². The van der Waals surface area contributed by atoms with Crippen LogP contribution in [0.4, 0.5) is 4.39 Å². The number of hydrogen-bond acceptors (Lipinski definition) is 1. The van der Waals surface area contributed by atoms with Crippen LogP contribution < -0.4 is 0 Å². The molecule has 108 valence electrons. The normalized spacial score (nSPS) is 12.8. The third-order valence-corrected chi connectivity index (χ3v) is 3.95. The molecule has 0 amide bonds. The number of alkyl halides is 1. The van der Waals surface area contributed by atoms with E-state index in [0.717, 1.165) is 11.1 Å². The van der Waals surface area contributed by atoms with E-state index in [1.165, 1.54) is 12.1 Å². The van der Waals surface area contributed by atoms with E-state index in [1.807, 2.05) is 35.8 Å². The van der Waals surface area contributed by atoms with Crippen LogP contribution in [0.5, 0.6) is 0 Å². The first-order valence-electron chi connectivity index (χ1n) is 6.59. The first-order chi connectivity index (χ1) is 10.1. The third-order valence-electron chi connectivity index (χ3n) is 3.38. The molecule has 0 radical (unpaired) electrons. The van der Waals surface area contributed by atoms with Crippen molar-refractivity contribution in [3.63, 3.8) is 0 Å². The van der Waals surface area contributed by atoms with Crippen molar-refractivity contribution in [3.8, 4) is 0 Å². The Morgan fingerprint density at radius 3 is 2.71 bits per heavy atom. The Morgan fingerprint density at radius 2 is 2.00 bits per heavy atom. The minimum atomic E-state index is -0.307. The van der Waals surface area contributed by atoms with E-state index in [0.29, 0.717) is 22.9 Å². The zero-order valence-electron chi connectivity index (χ0n) is 11.4. The minimum Gasteiger partial charge on any atom is -0.322 e. The zero-order chi connectivity index (χ0) is 15.0. The highest BCUT2D eigenvalue weighted by Gasteiger charge is 2.16. The summed E-state index contributed by atoms with van der Waals surface area (Å²) in [5.74, 6) is 0.399. The fourth-order valence-electron chi connectivity index (χ4n) is 2.39. The van der Waals surface area contributed by atoms with Gasteiger partial charge in [0.05, 0.1) is 23.0 Å². The van der Waals surface area contributed by atoms with Gasteiger partial charge in [-0.3, -0.25) is 0 Å². The molecule has 0 saturated carbocycles. The van der Waals surface area contributed by atoms with Crippen molar-refractivity contribution in [1.82, 2.24) is 9.55 Å². The molecule has 0 aliphatic heterocycles. The average molecular weight is 323 g/mol. The molecule has 1 aromatic heterocycles. The van der Waals surface area contributed by atoms with Gasteiger partial charge < -0.3 is 4.57 Å². The Balaban J connectivity index is 2.16. The molecule has 1 atom stereocenters. The summed E-state index contributed by atoms with van der Waals surface area (Å²) < 4.78 is 15.3. The smallest absolute Gasteiger partial charge is 0.128 e. The molecule has 21 heavy (non-hydrogen) atoms. The van der Waals surface area contributed by atoms with Gasteiger partial charge in [-0.2, -0.15) is 0 Å². The van der Waals surface area contributed by atoms with Crippen LogP contribution in [0.2, 0.25) is 5.02 Å². The van der Waals surface area contributed by atoms with Crippen molar-refractivity contribution in [3.05, 3.63) is 64.7 Å². The summed E-state index contributed by atoms with van der Waals surface area (Å²) in [7, 11) is 0. The molecule has 2 nitrogen and oxygen atoms in total. The van der Waals surface area contributed by atoms with Gasteiger partial charge in [0, 0.05) is 11.1 Å². The number of nitrogens with zero attached hydrogens (tertiary/aromatic N) is 2. The van der Waals surface area contributed by atoms with Crippen LogP contribution in [0, 0.1) is 5.82 Å². The summed E-state index contributed by atoms with van der Waals surface area (Å²) in [4.78, 5) is 4.45. The molecule has 1 heterocycles. The zero-order valence-corrected chi connectivity index (χ0v) is 12.9. The third kappa shape index (κ3) is 2.76. The number of fused-ring (bicyclic) bond motifs is 1. The van der Waals surface area contributed by atoms with Crippen molar-refractivity contribution < 1.29 is 4.39 Å². The highest BCUT2D eigenvalue weighted by atomic mass is 35.5. The molecule has 3 aromatic rings. The summed E-state index contributed by atoms with van der Waals surface area (Å²) in [6, 6.07) is 12.2. The van der Waals surface area contributed by atoms with Crippen LogP contribution in [-0.4, -0.2) is 9.55 Å². The highest BCUT2D eigenvalue weighted by molar-refractivity contribution is 6.31. The van der Waals surface area contributed by atoms with Crippen molar-refractivity contribution in [1.29, 1.82) is 0 Å². The first kappa shape index (κ1) is 14.4. The number of halogens is 3. The lowest BCUT2D eigenvalue weighted by Gasteiger charge is -2.11. The number of benzene rings is 2. The molecule has 0 aliphatic rings. The van der Waals surface area contributed by atoms with Crippen LogP contribution in [0.25, 0.3) is 11.0 Å². The Hall–Kier alpha value is -1.58. The van der Waals surface area contributed by atoms with E-state index >= 15 is 0 Å². The minimum absolute atomic E-state index is 0.275. The Morgan fingerprint density at radius 1 is 1.24 bits per heavy atom. The molecule has 3 rings (SSSR count). The van der Waals surface area contributed by atoms with Gasteiger partial charge in [0.15, 0.2) is 0 Å². The summed E-state index contributed by atoms with van der Waals surface area (Å²) in [6.07, 6.45) is 0. The topological polar surface area (TPSA) is 17.8 Å². The molecule has 0 spiro atoms. The lowest BCUT2D eigenvalue weighted by molar-refractivity contribution is 0.629. The van der Waals surface area contributed by atoms with Gasteiger partial charge in [0.25, 0.3) is 0 Å². The molecule has 0 fully saturated rings. The van der Waals surface area contributed by atoms with E-state index in [9.17, 15) is 4.39 Å². The van der Waals surface area contributed by atoms with Crippen LogP contribution in [0.1, 0.15) is 23.7 Å². The maximum absolute atomic E-state index is 13.4. The number of imidazole rings is 1. The first-order valence-corrected chi connectivity index (χ1v) is 7.41. The summed E-state index contributed by atoms with van der Waals surface area (Å²) in [6.45, 7) is 2.40. The molecule has 1 unspecified atom stereocenters. The van der Waals surface area contributed by atoms with Gasteiger partial charge in [-0.05, 0) is 30.7 Å². The van der Waals surface area contributed by atoms with E-state index in [4.69, 9.17) is 23.2 Å². The van der Waals surface area contributed by atoms with Gasteiger partial charge in [-0.15, -0.1) is 11.6 Å². The van der Waals surface area contributed by atoms with Crippen molar-refractivity contribution >= 4 is 34.2 Å². The van der Waals surface area contributed by atoms with Crippen molar-refractivity contribution in [2.75, 3.05) is 0 Å². The molecule has 0 bridgehead atoms. The second-order valence-electron chi connectivity index (χ2n) is 4.90. The standard InChI is InChI=1S/C16H13Cl2FN2/c1-10(17)16-20-14-8-12(19)6-7-15(14)21(16)9-11-4-2-3-5-13(11)18/h2-8,10H,9H2,1H3. The molecule has 0 saturated heterocycles. The fourth-order valence-corrected chi connectivity index (χ4v) is 2.75. The Bertz CT molecular complexity index is 796. The SMILES string of the molecule is CC(Cl)c1nc2cc(F)ccc2n1Cc1ccccc1Cl. The number of rotatable bonds is 3. The van der Waals surface area contributed by atoms with Gasteiger partial charge >= 0.3 is 0 Å². The summed E-state index contributed by atoms with van der Waals surface area (Å²) >= 11 is 12.4. The summed E-state index contributed by atoms with van der Waals surface area (Å²) in [5.41, 5.74) is 2.42. The quantitative estimate of drug-likeness (QED) is 0.608. The average Bonchev–Trinajstić information content (AvgIpc) is 2.79. The van der Waals surface area contributed by atoms with Crippen LogP contribution in [0.3, 0.4) is 0 Å². The fraction of sp³-hybridized carbons (Fsp3) is 0.188. The molecule has 2 aromatic carbocycles. The largest absolute Gasteiger partial charge is 0.322 e. The number of aromatic nitrogens is 2. The Kier molecular flexibility index (Phi) is 3.87. The lowest BCUT2D eigenvalue weighted by Crippen LogP contribution is -2.06. The highest BCUT2D eigenvalue weighted by Crippen LogP contribution is 2.27. The lowest BCUT2D eigenvalue weighted by atomic mass is 10.2. The van der Waals surface area contributed by atoms with E-state index in [1.54, 1.807) is 6.07 Å². The molecule has 0 aliphatic carbocycles. The van der Waals surface area contributed by atoms with Crippen LogP contribution in [-0.2, 0) is 6.54 Å². The second kappa shape index (κ2) is 5.66. The van der Waals surface area contributed by atoms with Gasteiger partial charge in [0.2, 0.25) is 0 Å². The van der Waals surface area contributed by atoms with Crippen LogP contribution in [0.15, 0.2) is 42.5 Å². The van der Waals surface area contributed by atoms with Crippen LogP contribution >= 0.6 is 23.2 Å². The van der Waals surface area contributed by atoms with Crippen molar-refractivity contribution in [2.45, 2.75) is 18.8 Å². The van der Waals surface area contributed by atoms with E-state index in [2.05, 4.69) is 4.98 Å². The molecular formula is C16H13Cl2FN2. The second-order valence-corrected chi connectivity index (χ2v) is 5.96. The predicted octanol–water partition coefficient (Wildman–Crippen LogP) is 5.18. The number of hydrogen-bond donors (Lipinski definition) is 0. The summed E-state index contributed by atoms with van der Waals surface area (Å²) in [5, 5.41) is 0.414. The van der Waals surface area contributed by atoms with Crippen molar-refractivity contribution in [2.24, 2.45) is 0 Å². The maximum atomic E-state index is 13.4. The molecule has 5 heteroatoms. The predicted molar refractivity (Wildman–Crippen MR) is 84.5 cm³/mol.